The van der Waals surface area contributed by atoms with Gasteiger partial charge in [-0.05, 0) is 71.9 Å². The molecule has 0 saturated carbocycles. The first-order valence-corrected chi connectivity index (χ1v) is 11.6. The summed E-state index contributed by atoms with van der Waals surface area (Å²) in [6.45, 7) is 3.72. The Morgan fingerprint density at radius 3 is 2.18 bits per heavy atom. The third kappa shape index (κ3) is 5.65. The van der Waals surface area contributed by atoms with Crippen LogP contribution in [0.15, 0.2) is 67.5 Å². The molecule has 2 nitrogen and oxygen atoms in total. The molecule has 0 aliphatic rings. The molecule has 4 rings (SSSR count). The second-order valence-corrected chi connectivity index (χ2v) is 8.68. The Kier molecular flexibility index (Phi) is 7.63. The lowest BCUT2D eigenvalue weighted by Gasteiger charge is -2.09. The number of hydrogen-bond acceptors (Lipinski definition) is 2. The third-order valence-electron chi connectivity index (χ3n) is 5.86. The van der Waals surface area contributed by atoms with Gasteiger partial charge in [0.1, 0.15) is 28.3 Å². The standard InChI is InChI=1S/C28H24ClF3N2/c1-2-3-4-20-16-33-26(34-17-20)12-7-18-6-11-23-22(13-18)10-9-21(28(23)32)8-5-19-14-24(30)27(29)25(31)15-19/h2,6,9-11,13-17H,1,3-5,7-8,12H2. The first-order valence-electron chi connectivity index (χ1n) is 11.2. The van der Waals surface area contributed by atoms with E-state index in [0.717, 1.165) is 41.6 Å². The van der Waals surface area contributed by atoms with Crippen molar-refractivity contribution in [3.05, 3.63) is 118 Å². The van der Waals surface area contributed by atoms with Gasteiger partial charge in [-0.25, -0.2) is 23.1 Å². The van der Waals surface area contributed by atoms with Crippen molar-refractivity contribution in [2.75, 3.05) is 0 Å². The van der Waals surface area contributed by atoms with Gasteiger partial charge in [0, 0.05) is 24.2 Å². The van der Waals surface area contributed by atoms with Gasteiger partial charge in [0.25, 0.3) is 0 Å². The van der Waals surface area contributed by atoms with Crippen LogP contribution in [0, 0.1) is 17.5 Å². The van der Waals surface area contributed by atoms with Crippen molar-refractivity contribution in [2.45, 2.75) is 38.5 Å². The number of fused-ring (bicyclic) bond motifs is 1. The van der Waals surface area contributed by atoms with E-state index in [0.29, 0.717) is 35.8 Å². The monoisotopic (exact) mass is 480 g/mol. The van der Waals surface area contributed by atoms with E-state index in [1.807, 2.05) is 36.7 Å². The summed E-state index contributed by atoms with van der Waals surface area (Å²) in [6, 6.07) is 11.7. The van der Waals surface area contributed by atoms with Crippen LogP contribution in [0.4, 0.5) is 13.2 Å². The lowest BCUT2D eigenvalue weighted by atomic mass is 9.98. The van der Waals surface area contributed by atoms with Gasteiger partial charge in [0.05, 0.1) is 0 Å². The summed E-state index contributed by atoms with van der Waals surface area (Å²) in [7, 11) is 0. The number of allylic oxidation sites excluding steroid dienone is 1. The fourth-order valence-electron chi connectivity index (χ4n) is 3.93. The molecule has 174 valence electrons. The van der Waals surface area contributed by atoms with Gasteiger partial charge in [-0.3, -0.25) is 0 Å². The minimum atomic E-state index is -0.808. The van der Waals surface area contributed by atoms with E-state index in [2.05, 4.69) is 16.5 Å². The van der Waals surface area contributed by atoms with Crippen LogP contribution in [-0.4, -0.2) is 9.97 Å². The molecule has 0 amide bonds. The Morgan fingerprint density at radius 1 is 0.765 bits per heavy atom. The zero-order valence-electron chi connectivity index (χ0n) is 18.6. The average molecular weight is 481 g/mol. The van der Waals surface area contributed by atoms with E-state index in [1.165, 1.54) is 12.1 Å². The molecule has 0 bridgehead atoms. The normalized spacial score (nSPS) is 11.2. The lowest BCUT2D eigenvalue weighted by Crippen LogP contribution is -2.00. The van der Waals surface area contributed by atoms with Gasteiger partial charge in [-0.1, -0.05) is 48.0 Å². The van der Waals surface area contributed by atoms with Crippen LogP contribution in [0.25, 0.3) is 10.8 Å². The van der Waals surface area contributed by atoms with Crippen molar-refractivity contribution in [1.29, 1.82) is 0 Å². The number of nitrogens with zero attached hydrogens (tertiary/aromatic N) is 2. The Hall–Kier alpha value is -3.18. The van der Waals surface area contributed by atoms with Gasteiger partial charge >= 0.3 is 0 Å². The Labute approximate surface area is 202 Å². The predicted octanol–water partition coefficient (Wildman–Crippen LogP) is 7.39. The van der Waals surface area contributed by atoms with E-state index in [-0.39, 0.29) is 5.82 Å². The molecule has 0 saturated heterocycles. The van der Waals surface area contributed by atoms with E-state index < -0.39 is 16.7 Å². The highest BCUT2D eigenvalue weighted by Gasteiger charge is 2.12. The average Bonchev–Trinajstić information content (AvgIpc) is 2.85. The molecule has 0 spiro atoms. The topological polar surface area (TPSA) is 25.8 Å². The molecule has 0 fully saturated rings. The Morgan fingerprint density at radius 2 is 1.47 bits per heavy atom. The van der Waals surface area contributed by atoms with Crippen LogP contribution < -0.4 is 0 Å². The van der Waals surface area contributed by atoms with Gasteiger partial charge in [0.15, 0.2) is 0 Å². The summed E-state index contributed by atoms with van der Waals surface area (Å²) in [6.07, 6.45) is 9.45. The van der Waals surface area contributed by atoms with E-state index in [4.69, 9.17) is 11.6 Å². The van der Waals surface area contributed by atoms with Crippen molar-refractivity contribution >= 4 is 22.4 Å². The molecule has 0 unspecified atom stereocenters. The molecule has 34 heavy (non-hydrogen) atoms. The zero-order chi connectivity index (χ0) is 24.1. The molecule has 3 aromatic carbocycles. The quantitative estimate of drug-likeness (QED) is 0.184. The van der Waals surface area contributed by atoms with Crippen LogP contribution in [0.3, 0.4) is 0 Å². The van der Waals surface area contributed by atoms with Gasteiger partial charge in [-0.15, -0.1) is 6.58 Å². The minimum absolute atomic E-state index is 0.303. The molecule has 6 heteroatoms. The van der Waals surface area contributed by atoms with Gasteiger partial charge < -0.3 is 0 Å². The molecule has 1 aromatic heterocycles. The molecular weight excluding hydrogens is 457 g/mol. The SMILES string of the molecule is C=CCCc1cnc(CCc2ccc3c(F)c(CCc4cc(F)c(Cl)c(F)c4)ccc3c2)nc1. The highest BCUT2D eigenvalue weighted by molar-refractivity contribution is 6.30. The van der Waals surface area contributed by atoms with Crippen LogP contribution >= 0.6 is 11.6 Å². The number of halogens is 4. The van der Waals surface area contributed by atoms with Crippen molar-refractivity contribution in [3.63, 3.8) is 0 Å². The fourth-order valence-corrected chi connectivity index (χ4v) is 4.04. The Bertz CT molecular complexity index is 1300. The maximum atomic E-state index is 15.1. The van der Waals surface area contributed by atoms with E-state index in [1.54, 1.807) is 12.1 Å². The summed E-state index contributed by atoms with van der Waals surface area (Å²) < 4.78 is 42.4. The highest BCUT2D eigenvalue weighted by Crippen LogP contribution is 2.25. The molecule has 0 aliphatic carbocycles. The summed E-state index contributed by atoms with van der Waals surface area (Å²) >= 11 is 5.53. The second-order valence-electron chi connectivity index (χ2n) is 8.30. The van der Waals surface area contributed by atoms with Gasteiger partial charge in [-0.2, -0.15) is 0 Å². The largest absolute Gasteiger partial charge is 0.241 e. The first kappa shape index (κ1) is 24.0. The molecule has 0 aliphatic heterocycles. The Balaban J connectivity index is 1.42. The van der Waals surface area contributed by atoms with E-state index >= 15 is 4.39 Å². The summed E-state index contributed by atoms with van der Waals surface area (Å²) in [4.78, 5) is 8.87. The summed E-state index contributed by atoms with van der Waals surface area (Å²) in [5, 5.41) is 0.809. The number of benzene rings is 3. The summed E-state index contributed by atoms with van der Waals surface area (Å²) in [5.41, 5.74) is 3.10. The molecule has 0 atom stereocenters. The molecule has 0 radical (unpaired) electrons. The lowest BCUT2D eigenvalue weighted by molar-refractivity contribution is 0.579. The molecule has 0 N–H and O–H groups in total. The maximum absolute atomic E-state index is 15.1. The van der Waals surface area contributed by atoms with Crippen molar-refractivity contribution in [1.82, 2.24) is 9.97 Å². The minimum Gasteiger partial charge on any atom is -0.241 e. The summed E-state index contributed by atoms with van der Waals surface area (Å²) in [5.74, 6) is -1.15. The van der Waals surface area contributed by atoms with Crippen LogP contribution in [0.2, 0.25) is 5.02 Å². The van der Waals surface area contributed by atoms with Crippen LogP contribution in [0.1, 0.15) is 34.5 Å². The predicted molar refractivity (Wildman–Crippen MR) is 131 cm³/mol. The van der Waals surface area contributed by atoms with Crippen molar-refractivity contribution in [2.24, 2.45) is 0 Å². The first-order chi connectivity index (χ1) is 16.4. The zero-order valence-corrected chi connectivity index (χ0v) is 19.4. The number of aryl methyl sites for hydroxylation is 5. The number of hydrogen-bond donors (Lipinski definition) is 0. The number of aromatic nitrogens is 2. The molecule has 4 aromatic rings. The third-order valence-corrected chi connectivity index (χ3v) is 6.22. The second kappa shape index (κ2) is 10.8. The number of rotatable bonds is 9. The smallest absolute Gasteiger partial charge is 0.145 e. The van der Waals surface area contributed by atoms with E-state index in [9.17, 15) is 8.78 Å². The highest BCUT2D eigenvalue weighted by atomic mass is 35.5. The van der Waals surface area contributed by atoms with Crippen molar-refractivity contribution in [3.8, 4) is 0 Å². The molecular formula is C28H24ClF3N2. The molecule has 1 heterocycles. The van der Waals surface area contributed by atoms with Crippen molar-refractivity contribution < 1.29 is 13.2 Å². The van der Waals surface area contributed by atoms with Crippen LogP contribution in [-0.2, 0) is 32.1 Å². The maximum Gasteiger partial charge on any atom is 0.145 e. The fraction of sp³-hybridized carbons (Fsp3) is 0.214. The van der Waals surface area contributed by atoms with Gasteiger partial charge in [0.2, 0.25) is 0 Å². The van der Waals surface area contributed by atoms with Crippen LogP contribution in [0.5, 0.6) is 0 Å².